The molecule has 0 unspecified atom stereocenters. The first-order chi connectivity index (χ1) is 14.7. The maximum Gasteiger partial charge on any atom is 0.100 e. The number of nitrogens with one attached hydrogen (secondary N) is 1. The average molecular weight is 460 g/mol. The number of nitrogens with zero attached hydrogens (tertiary/aromatic N) is 2. The summed E-state index contributed by atoms with van der Waals surface area (Å²) in [6.45, 7) is 16.1. The van der Waals surface area contributed by atoms with Gasteiger partial charge in [0.1, 0.15) is 5.84 Å². The summed E-state index contributed by atoms with van der Waals surface area (Å²) in [5.41, 5.74) is 3.97. The molecular formula is C25H34ClN3OS. The molecule has 0 amide bonds. The Labute approximate surface area is 196 Å². The molecule has 0 radical (unpaired) electrons. The van der Waals surface area contributed by atoms with Gasteiger partial charge < -0.3 is 14.7 Å². The Morgan fingerprint density at radius 1 is 1.19 bits per heavy atom. The van der Waals surface area contributed by atoms with E-state index in [1.54, 1.807) is 11.9 Å². The Morgan fingerprint density at radius 2 is 1.87 bits per heavy atom. The lowest BCUT2D eigenvalue weighted by Crippen LogP contribution is -2.30. The van der Waals surface area contributed by atoms with Crippen molar-refractivity contribution in [2.24, 2.45) is 4.99 Å². The Kier molecular flexibility index (Phi) is 9.48. The highest BCUT2D eigenvalue weighted by Crippen LogP contribution is 2.33. The largest absolute Gasteiger partial charge is 0.395 e. The fourth-order valence-corrected chi connectivity index (χ4v) is 3.93. The smallest absolute Gasteiger partial charge is 0.100 e. The van der Waals surface area contributed by atoms with Gasteiger partial charge in [0, 0.05) is 34.3 Å². The lowest BCUT2D eigenvalue weighted by molar-refractivity contribution is 0.274. The SMILES string of the molecule is C=C(c1cc(Cl)ccc1NSc1ccc(C(C)(C)C)cc1)N(CCO)C(C)=NCCC. The zero-order valence-corrected chi connectivity index (χ0v) is 20.8. The summed E-state index contributed by atoms with van der Waals surface area (Å²) >= 11 is 7.85. The van der Waals surface area contributed by atoms with Crippen molar-refractivity contribution in [3.05, 3.63) is 65.2 Å². The van der Waals surface area contributed by atoms with Crippen LogP contribution in [0.4, 0.5) is 5.69 Å². The van der Waals surface area contributed by atoms with Crippen LogP contribution in [0.3, 0.4) is 0 Å². The van der Waals surface area contributed by atoms with Crippen LogP contribution in [0, 0.1) is 0 Å². The summed E-state index contributed by atoms with van der Waals surface area (Å²) in [5.74, 6) is 0.831. The number of aliphatic hydroxyl groups excluding tert-OH is 1. The van der Waals surface area contributed by atoms with Crippen LogP contribution in [0.2, 0.25) is 5.02 Å². The van der Waals surface area contributed by atoms with E-state index < -0.39 is 0 Å². The molecule has 2 N–H and O–H groups in total. The number of rotatable bonds is 9. The Morgan fingerprint density at radius 3 is 2.45 bits per heavy atom. The van der Waals surface area contributed by atoms with Crippen molar-refractivity contribution in [1.29, 1.82) is 0 Å². The van der Waals surface area contributed by atoms with Gasteiger partial charge in [-0.2, -0.15) is 0 Å². The molecule has 168 valence electrons. The third-order valence-electron chi connectivity index (χ3n) is 4.90. The highest BCUT2D eigenvalue weighted by Gasteiger charge is 2.17. The maximum atomic E-state index is 9.58. The van der Waals surface area contributed by atoms with Crippen LogP contribution in [-0.4, -0.2) is 35.5 Å². The summed E-state index contributed by atoms with van der Waals surface area (Å²) in [6, 6.07) is 14.3. The second-order valence-electron chi connectivity index (χ2n) is 8.42. The molecule has 0 heterocycles. The minimum atomic E-state index is 0.0101. The van der Waals surface area contributed by atoms with Crippen molar-refractivity contribution in [3.8, 4) is 0 Å². The lowest BCUT2D eigenvalue weighted by Gasteiger charge is -2.27. The van der Waals surface area contributed by atoms with E-state index in [0.717, 1.165) is 40.6 Å². The fourth-order valence-electron chi connectivity index (χ4n) is 3.08. The molecule has 0 aliphatic heterocycles. The number of aliphatic hydroxyl groups is 1. The fraction of sp³-hybridized carbons (Fsp3) is 0.400. The van der Waals surface area contributed by atoms with E-state index in [9.17, 15) is 5.11 Å². The maximum absolute atomic E-state index is 9.58. The molecule has 0 atom stereocenters. The van der Waals surface area contributed by atoms with Crippen molar-refractivity contribution >= 4 is 40.8 Å². The molecule has 0 aromatic heterocycles. The summed E-state index contributed by atoms with van der Waals surface area (Å²) in [7, 11) is 0. The summed E-state index contributed by atoms with van der Waals surface area (Å²) in [4.78, 5) is 7.65. The van der Waals surface area contributed by atoms with Crippen molar-refractivity contribution in [1.82, 2.24) is 4.90 Å². The van der Waals surface area contributed by atoms with Gasteiger partial charge in [-0.15, -0.1) is 0 Å². The van der Waals surface area contributed by atoms with E-state index >= 15 is 0 Å². The highest BCUT2D eigenvalue weighted by atomic mass is 35.5. The van der Waals surface area contributed by atoms with Crippen LogP contribution in [0.1, 0.15) is 52.2 Å². The normalized spacial score (nSPS) is 12.0. The second kappa shape index (κ2) is 11.6. The van der Waals surface area contributed by atoms with Gasteiger partial charge in [0.15, 0.2) is 0 Å². The molecule has 2 rings (SSSR count). The van der Waals surface area contributed by atoms with Crippen LogP contribution < -0.4 is 4.72 Å². The third-order valence-corrected chi connectivity index (χ3v) is 5.96. The van der Waals surface area contributed by atoms with Crippen LogP contribution in [0.15, 0.2) is 58.9 Å². The molecule has 0 saturated heterocycles. The van der Waals surface area contributed by atoms with E-state index in [2.05, 4.69) is 68.3 Å². The number of hydrogen-bond acceptors (Lipinski definition) is 4. The molecule has 0 bridgehead atoms. The topological polar surface area (TPSA) is 47.9 Å². The molecule has 0 fully saturated rings. The predicted molar refractivity (Wildman–Crippen MR) is 137 cm³/mol. The van der Waals surface area contributed by atoms with Crippen molar-refractivity contribution in [2.45, 2.75) is 51.3 Å². The average Bonchev–Trinajstić information content (AvgIpc) is 2.74. The Balaban J connectivity index is 2.25. The monoisotopic (exact) mass is 459 g/mol. The minimum absolute atomic E-state index is 0.0101. The van der Waals surface area contributed by atoms with E-state index in [0.29, 0.717) is 11.6 Å². The van der Waals surface area contributed by atoms with Crippen molar-refractivity contribution < 1.29 is 5.11 Å². The Hall–Kier alpha value is -1.95. The van der Waals surface area contributed by atoms with Crippen molar-refractivity contribution in [3.63, 3.8) is 0 Å². The summed E-state index contributed by atoms with van der Waals surface area (Å²) < 4.78 is 3.44. The van der Waals surface area contributed by atoms with Crippen LogP contribution in [0.5, 0.6) is 0 Å². The summed E-state index contributed by atoms with van der Waals surface area (Å²) in [5, 5.41) is 10.2. The van der Waals surface area contributed by atoms with E-state index in [1.165, 1.54) is 5.56 Å². The van der Waals surface area contributed by atoms with Crippen LogP contribution in [-0.2, 0) is 5.41 Å². The first-order valence-electron chi connectivity index (χ1n) is 10.6. The van der Waals surface area contributed by atoms with Gasteiger partial charge in [0.05, 0.1) is 12.3 Å². The first kappa shape index (κ1) is 25.3. The highest BCUT2D eigenvalue weighted by molar-refractivity contribution is 8.00. The van der Waals surface area contributed by atoms with Gasteiger partial charge in [-0.1, -0.05) is 58.0 Å². The van der Waals surface area contributed by atoms with Crippen molar-refractivity contribution in [2.75, 3.05) is 24.4 Å². The quantitative estimate of drug-likeness (QED) is 0.244. The number of hydrogen-bond donors (Lipinski definition) is 2. The minimum Gasteiger partial charge on any atom is -0.395 e. The van der Waals surface area contributed by atoms with E-state index in [-0.39, 0.29) is 12.0 Å². The molecule has 6 heteroatoms. The summed E-state index contributed by atoms with van der Waals surface area (Å²) in [6.07, 6.45) is 0.964. The van der Waals surface area contributed by atoms with E-state index in [4.69, 9.17) is 11.6 Å². The number of halogens is 1. The first-order valence-corrected chi connectivity index (χ1v) is 11.8. The third kappa shape index (κ3) is 7.30. The number of anilines is 1. The molecule has 0 aliphatic carbocycles. The van der Waals surface area contributed by atoms with E-state index in [1.807, 2.05) is 30.0 Å². The lowest BCUT2D eigenvalue weighted by atomic mass is 9.87. The van der Waals surface area contributed by atoms with Gasteiger partial charge in [0.2, 0.25) is 0 Å². The molecule has 4 nitrogen and oxygen atoms in total. The molecule has 2 aromatic carbocycles. The standard InChI is InChI=1S/C25H34ClN3OS/c1-7-14-27-19(3)29(15-16-30)18(2)23-17-21(26)10-13-24(23)28-31-22-11-8-20(9-12-22)25(4,5)6/h8-13,17,28,30H,2,7,14-16H2,1,3-6H3. The number of aliphatic imine (C=N–C) groups is 1. The molecule has 2 aromatic rings. The second-order valence-corrected chi connectivity index (χ2v) is 9.74. The van der Waals surface area contributed by atoms with Gasteiger partial charge in [-0.3, -0.25) is 4.99 Å². The Bertz CT molecular complexity index is 904. The van der Waals surface area contributed by atoms with Crippen LogP contribution in [0.25, 0.3) is 5.70 Å². The molecular weight excluding hydrogens is 426 g/mol. The predicted octanol–water partition coefficient (Wildman–Crippen LogP) is 6.85. The number of amidine groups is 1. The molecule has 0 saturated carbocycles. The van der Waals surface area contributed by atoms with Gasteiger partial charge in [0.25, 0.3) is 0 Å². The van der Waals surface area contributed by atoms with Gasteiger partial charge >= 0.3 is 0 Å². The van der Waals surface area contributed by atoms with Crippen LogP contribution >= 0.6 is 23.5 Å². The molecule has 0 spiro atoms. The number of benzene rings is 2. The molecule has 0 aliphatic rings. The zero-order chi connectivity index (χ0) is 23.0. The van der Waals surface area contributed by atoms with Gasteiger partial charge in [-0.25, -0.2) is 0 Å². The molecule has 31 heavy (non-hydrogen) atoms. The zero-order valence-electron chi connectivity index (χ0n) is 19.2. The van der Waals surface area contributed by atoms with Gasteiger partial charge in [-0.05, 0) is 66.6 Å².